The fourth-order valence-electron chi connectivity index (χ4n) is 2.50. The van der Waals surface area contributed by atoms with E-state index in [4.69, 9.17) is 11.6 Å². The molecule has 0 fully saturated rings. The topological polar surface area (TPSA) is 82.2 Å². The van der Waals surface area contributed by atoms with Gasteiger partial charge in [-0.15, -0.1) is 0 Å². The highest BCUT2D eigenvalue weighted by molar-refractivity contribution is 6.31. The first-order valence-corrected chi connectivity index (χ1v) is 8.48. The predicted molar refractivity (Wildman–Crippen MR) is 102 cm³/mol. The molecule has 7 heteroatoms. The van der Waals surface area contributed by atoms with Crippen molar-refractivity contribution in [1.82, 2.24) is 9.97 Å². The molecule has 0 radical (unpaired) electrons. The van der Waals surface area contributed by atoms with E-state index in [0.29, 0.717) is 16.9 Å². The van der Waals surface area contributed by atoms with Crippen LogP contribution in [0.25, 0.3) is 11.3 Å². The number of aryl methyl sites for hydroxylation is 1. The lowest BCUT2D eigenvalue weighted by atomic mass is 10.0. The molecule has 2 heterocycles. The van der Waals surface area contributed by atoms with Gasteiger partial charge in [-0.2, -0.15) is 5.26 Å². The van der Waals surface area contributed by atoms with Gasteiger partial charge in [-0.1, -0.05) is 18.5 Å². The number of aromatic nitrogens is 2. The van der Waals surface area contributed by atoms with E-state index in [-0.39, 0.29) is 22.0 Å². The average molecular weight is 381 g/mol. The Hall–Kier alpha value is -3.30. The Morgan fingerprint density at radius 1 is 1.22 bits per heavy atom. The zero-order chi connectivity index (χ0) is 19.4. The first-order valence-electron chi connectivity index (χ1n) is 8.11. The van der Waals surface area contributed by atoms with Crippen LogP contribution in [0.2, 0.25) is 5.02 Å². The molecular weight excluding hydrogens is 367 g/mol. The number of nitrogens with zero attached hydrogens (tertiary/aromatic N) is 4. The quantitative estimate of drug-likeness (QED) is 0.656. The molecular formula is C20H14ClFN4O. The van der Waals surface area contributed by atoms with Crippen LogP contribution in [0.5, 0.6) is 5.75 Å². The number of nitriles is 1. The maximum absolute atomic E-state index is 13.3. The van der Waals surface area contributed by atoms with Crippen LogP contribution < -0.4 is 0 Å². The summed E-state index contributed by atoms with van der Waals surface area (Å²) in [7, 11) is 0. The smallest absolute Gasteiger partial charge is 0.152 e. The molecule has 0 spiro atoms. The fraction of sp³-hybridized carbons (Fsp3) is 0.100. The molecule has 1 aromatic carbocycles. The zero-order valence-corrected chi connectivity index (χ0v) is 15.1. The molecule has 27 heavy (non-hydrogen) atoms. The summed E-state index contributed by atoms with van der Waals surface area (Å²) in [5, 5.41) is 20.1. The van der Waals surface area contributed by atoms with Crippen LogP contribution in [-0.4, -0.2) is 20.8 Å². The van der Waals surface area contributed by atoms with Crippen LogP contribution in [-0.2, 0) is 6.42 Å². The minimum atomic E-state index is -0.576. The van der Waals surface area contributed by atoms with E-state index >= 15 is 0 Å². The Morgan fingerprint density at radius 3 is 2.70 bits per heavy atom. The number of halogens is 2. The van der Waals surface area contributed by atoms with Gasteiger partial charge >= 0.3 is 0 Å². The summed E-state index contributed by atoms with van der Waals surface area (Å²) < 4.78 is 13.3. The van der Waals surface area contributed by atoms with Gasteiger partial charge in [-0.05, 0) is 42.8 Å². The molecule has 5 nitrogen and oxygen atoms in total. The first-order chi connectivity index (χ1) is 13.0. The highest BCUT2D eigenvalue weighted by Gasteiger charge is 2.16. The highest BCUT2D eigenvalue weighted by Crippen LogP contribution is 2.31. The summed E-state index contributed by atoms with van der Waals surface area (Å²) in [5.74, 6) is -0.744. The standard InChI is InChI=1S/C20H14ClFN4O/c1-2-13-9-12(5-7-24-13)19-20(27)15(6-8-25-19)18(11-23)26-14-3-4-17(22)16(21)10-14/h3-10,27H,2H2,1H3. The summed E-state index contributed by atoms with van der Waals surface area (Å²) in [4.78, 5) is 12.6. The van der Waals surface area contributed by atoms with Crippen LogP contribution in [0, 0.1) is 17.1 Å². The van der Waals surface area contributed by atoms with E-state index in [0.717, 1.165) is 18.2 Å². The van der Waals surface area contributed by atoms with Crippen LogP contribution in [0.1, 0.15) is 18.2 Å². The van der Waals surface area contributed by atoms with Crippen molar-refractivity contribution in [3.8, 4) is 23.1 Å². The lowest BCUT2D eigenvalue weighted by molar-refractivity contribution is 0.474. The van der Waals surface area contributed by atoms with Crippen LogP contribution in [0.15, 0.2) is 53.8 Å². The second-order valence-electron chi connectivity index (χ2n) is 5.62. The Balaban J connectivity index is 2.09. The van der Waals surface area contributed by atoms with E-state index in [1.165, 1.54) is 24.4 Å². The molecule has 3 aromatic rings. The van der Waals surface area contributed by atoms with Gasteiger partial charge in [-0.3, -0.25) is 9.97 Å². The number of aromatic hydroxyl groups is 1. The van der Waals surface area contributed by atoms with Crippen molar-refractivity contribution >= 4 is 23.0 Å². The highest BCUT2D eigenvalue weighted by atomic mass is 35.5. The van der Waals surface area contributed by atoms with Gasteiger partial charge in [0.05, 0.1) is 16.3 Å². The monoisotopic (exact) mass is 380 g/mol. The van der Waals surface area contributed by atoms with Crippen molar-refractivity contribution in [2.24, 2.45) is 4.99 Å². The summed E-state index contributed by atoms with van der Waals surface area (Å²) in [6.45, 7) is 1.98. The fourth-order valence-corrected chi connectivity index (χ4v) is 2.68. The lowest BCUT2D eigenvalue weighted by Gasteiger charge is -2.09. The molecule has 0 amide bonds. The molecule has 0 aliphatic rings. The van der Waals surface area contributed by atoms with Crippen molar-refractivity contribution in [2.45, 2.75) is 13.3 Å². The van der Waals surface area contributed by atoms with Gasteiger partial charge in [0, 0.05) is 23.7 Å². The van der Waals surface area contributed by atoms with Crippen LogP contribution in [0.4, 0.5) is 10.1 Å². The van der Waals surface area contributed by atoms with Gasteiger partial charge in [-0.25, -0.2) is 9.38 Å². The number of rotatable bonds is 4. The molecule has 3 rings (SSSR count). The lowest BCUT2D eigenvalue weighted by Crippen LogP contribution is -2.00. The molecule has 0 bridgehead atoms. The Morgan fingerprint density at radius 2 is 2.00 bits per heavy atom. The van der Waals surface area contributed by atoms with Gasteiger partial charge in [0.15, 0.2) is 11.5 Å². The van der Waals surface area contributed by atoms with Crippen molar-refractivity contribution in [2.75, 3.05) is 0 Å². The normalized spacial score (nSPS) is 11.3. The number of hydrogen-bond donors (Lipinski definition) is 1. The summed E-state index contributed by atoms with van der Waals surface area (Å²) in [5.41, 5.74) is 2.34. The van der Waals surface area contributed by atoms with Gasteiger partial charge in [0.1, 0.15) is 17.6 Å². The number of pyridine rings is 2. The molecule has 2 aromatic heterocycles. The van der Waals surface area contributed by atoms with Gasteiger partial charge in [0.25, 0.3) is 0 Å². The maximum atomic E-state index is 13.3. The Kier molecular flexibility index (Phi) is 5.43. The second-order valence-corrected chi connectivity index (χ2v) is 6.02. The first kappa shape index (κ1) is 18.5. The van der Waals surface area contributed by atoms with E-state index in [1.807, 2.05) is 19.1 Å². The number of hydrogen-bond acceptors (Lipinski definition) is 5. The Bertz CT molecular complexity index is 1080. The minimum absolute atomic E-state index is 0.0383. The molecule has 0 unspecified atom stereocenters. The summed E-state index contributed by atoms with van der Waals surface area (Å²) in [6.07, 6.45) is 3.87. The predicted octanol–water partition coefficient (Wildman–Crippen LogP) is 4.85. The molecule has 0 aliphatic heterocycles. The molecule has 1 N–H and O–H groups in total. The summed E-state index contributed by atoms with van der Waals surface area (Å²) >= 11 is 5.76. The summed E-state index contributed by atoms with van der Waals surface area (Å²) in [6, 6.07) is 10.9. The van der Waals surface area contributed by atoms with Crippen molar-refractivity contribution in [3.63, 3.8) is 0 Å². The third-order valence-electron chi connectivity index (χ3n) is 3.88. The van der Waals surface area contributed by atoms with E-state index in [1.54, 1.807) is 12.3 Å². The molecule has 134 valence electrons. The molecule has 0 atom stereocenters. The van der Waals surface area contributed by atoms with Gasteiger partial charge < -0.3 is 5.11 Å². The van der Waals surface area contributed by atoms with Gasteiger partial charge in [0.2, 0.25) is 0 Å². The number of benzene rings is 1. The average Bonchev–Trinajstić information content (AvgIpc) is 2.69. The second kappa shape index (κ2) is 7.94. The third-order valence-corrected chi connectivity index (χ3v) is 4.17. The third kappa shape index (κ3) is 3.94. The Labute approximate surface area is 160 Å². The largest absolute Gasteiger partial charge is 0.505 e. The van der Waals surface area contributed by atoms with Crippen molar-refractivity contribution < 1.29 is 9.50 Å². The minimum Gasteiger partial charge on any atom is -0.505 e. The maximum Gasteiger partial charge on any atom is 0.152 e. The molecule has 0 saturated carbocycles. The number of aliphatic imine (C=N–C) groups is 1. The van der Waals surface area contributed by atoms with Crippen molar-refractivity contribution in [1.29, 1.82) is 5.26 Å². The van der Waals surface area contributed by atoms with E-state index in [2.05, 4.69) is 15.0 Å². The van der Waals surface area contributed by atoms with E-state index < -0.39 is 5.82 Å². The van der Waals surface area contributed by atoms with Crippen molar-refractivity contribution in [3.05, 3.63) is 70.9 Å². The van der Waals surface area contributed by atoms with E-state index in [9.17, 15) is 14.8 Å². The molecule has 0 aliphatic carbocycles. The zero-order valence-electron chi connectivity index (χ0n) is 14.3. The van der Waals surface area contributed by atoms with Crippen LogP contribution in [0.3, 0.4) is 0 Å². The molecule has 0 saturated heterocycles. The SMILES string of the molecule is CCc1cc(-c2nccc(C(C#N)=Nc3ccc(F)c(Cl)c3)c2O)ccn1. The van der Waals surface area contributed by atoms with Crippen LogP contribution >= 0.6 is 11.6 Å².